The van der Waals surface area contributed by atoms with Gasteiger partial charge in [-0.15, -0.1) is 28.1 Å². The minimum Gasteiger partial charge on any atom is -0.462 e. The van der Waals surface area contributed by atoms with E-state index >= 15 is 0 Å². The van der Waals surface area contributed by atoms with Crippen molar-refractivity contribution in [3.8, 4) is 0 Å². The largest absolute Gasteiger partial charge is 0.462 e. The number of rotatable bonds is 9. The number of esters is 1. The first-order valence-corrected chi connectivity index (χ1v) is 11.7. The minimum atomic E-state index is -0.431. The number of allylic oxidation sites excluding steroid dienone is 1. The summed E-state index contributed by atoms with van der Waals surface area (Å²) in [5.74, 6) is 0.975. The normalized spacial score (nSPS) is 14.5. The summed E-state index contributed by atoms with van der Waals surface area (Å²) in [4.78, 5) is 24.4. The molecule has 1 N–H and O–H groups in total. The van der Waals surface area contributed by atoms with Gasteiger partial charge in [0.25, 0.3) is 0 Å². The number of ether oxygens (including phenoxy) is 1. The van der Waals surface area contributed by atoms with Gasteiger partial charge in [-0.25, -0.2) is 4.79 Å². The molecule has 9 heteroatoms. The van der Waals surface area contributed by atoms with Gasteiger partial charge in [0.05, 0.1) is 17.9 Å². The van der Waals surface area contributed by atoms with Crippen LogP contribution >= 0.6 is 23.1 Å². The summed E-state index contributed by atoms with van der Waals surface area (Å²) in [6.07, 6.45) is 7.83. The third kappa shape index (κ3) is 5.48. The number of amides is 1. The van der Waals surface area contributed by atoms with E-state index in [9.17, 15) is 9.59 Å². The zero-order chi connectivity index (χ0) is 20.6. The Morgan fingerprint density at radius 3 is 2.90 bits per heavy atom. The Labute approximate surface area is 178 Å². The molecule has 2 heterocycles. The predicted octanol–water partition coefficient (Wildman–Crippen LogP) is 4.48. The molecule has 0 atom stereocenters. The van der Waals surface area contributed by atoms with E-state index in [4.69, 9.17) is 4.74 Å². The minimum absolute atomic E-state index is 0.181. The summed E-state index contributed by atoms with van der Waals surface area (Å²) in [5, 5.41) is 14.5. The van der Waals surface area contributed by atoms with Crippen LogP contribution < -0.4 is 5.32 Å². The Bertz CT molecular complexity index is 856. The summed E-state index contributed by atoms with van der Waals surface area (Å²) in [7, 11) is 0. The van der Waals surface area contributed by atoms with Crippen molar-refractivity contribution in [2.45, 2.75) is 56.6 Å². The Balaban J connectivity index is 1.63. The van der Waals surface area contributed by atoms with E-state index in [1.54, 1.807) is 18.4 Å². The Morgan fingerprint density at radius 1 is 1.38 bits per heavy atom. The van der Waals surface area contributed by atoms with Crippen LogP contribution in [0, 0.1) is 0 Å². The quantitative estimate of drug-likeness (QED) is 0.356. The summed E-state index contributed by atoms with van der Waals surface area (Å²) in [6, 6.07) is 1.66. The molecule has 2 aromatic rings. The maximum Gasteiger partial charge on any atom is 0.341 e. The molecular weight excluding hydrogens is 408 g/mol. The summed E-state index contributed by atoms with van der Waals surface area (Å²) < 4.78 is 7.09. The molecule has 29 heavy (non-hydrogen) atoms. The number of carbonyl (C=O) groups excluding carboxylic acids is 2. The standard InChI is InChI=1S/C20H26N4O3S2/c1-3-11-24-17(14-8-6-5-7-9-14)22-23-20(24)29-13-16(25)21-18-15(10-12-28-18)19(26)27-4-2/h3,10,12,14H,1,4-9,11,13H2,2H3,(H,21,25). The van der Waals surface area contributed by atoms with Crippen molar-refractivity contribution in [1.29, 1.82) is 0 Å². The molecule has 0 aromatic carbocycles. The average Bonchev–Trinajstić information content (AvgIpc) is 3.35. The number of thioether (sulfide) groups is 1. The van der Waals surface area contributed by atoms with Crippen molar-refractivity contribution in [1.82, 2.24) is 14.8 Å². The molecule has 0 bridgehead atoms. The van der Waals surface area contributed by atoms with E-state index < -0.39 is 5.97 Å². The van der Waals surface area contributed by atoms with Crippen LogP contribution in [0.3, 0.4) is 0 Å². The van der Waals surface area contributed by atoms with Crippen LogP contribution in [-0.4, -0.2) is 39.0 Å². The molecule has 3 rings (SSSR count). The number of aromatic nitrogens is 3. The van der Waals surface area contributed by atoms with E-state index in [0.29, 0.717) is 29.6 Å². The monoisotopic (exact) mass is 434 g/mol. The molecule has 1 saturated carbocycles. The van der Waals surface area contributed by atoms with Gasteiger partial charge in [-0.1, -0.05) is 37.1 Å². The second kappa shape index (κ2) is 10.6. The molecular formula is C20H26N4O3S2. The van der Waals surface area contributed by atoms with Crippen LogP contribution in [0.4, 0.5) is 5.00 Å². The van der Waals surface area contributed by atoms with E-state index in [2.05, 4.69) is 26.7 Å². The highest BCUT2D eigenvalue weighted by Gasteiger charge is 2.23. The number of thiophene rings is 1. The fraction of sp³-hybridized carbons (Fsp3) is 0.500. The molecule has 1 aliphatic carbocycles. The van der Waals surface area contributed by atoms with Crippen molar-refractivity contribution in [2.75, 3.05) is 17.7 Å². The van der Waals surface area contributed by atoms with Gasteiger partial charge in [-0.05, 0) is 31.2 Å². The molecule has 7 nitrogen and oxygen atoms in total. The number of hydrogen-bond donors (Lipinski definition) is 1. The topological polar surface area (TPSA) is 86.1 Å². The number of nitrogens with one attached hydrogen (secondary N) is 1. The fourth-order valence-corrected chi connectivity index (χ4v) is 4.98. The lowest BCUT2D eigenvalue weighted by molar-refractivity contribution is -0.113. The van der Waals surface area contributed by atoms with Crippen LogP contribution in [0.25, 0.3) is 0 Å². The summed E-state index contributed by atoms with van der Waals surface area (Å²) >= 11 is 2.64. The first-order valence-electron chi connectivity index (χ1n) is 9.85. The number of carbonyl (C=O) groups is 2. The lowest BCUT2D eigenvalue weighted by Gasteiger charge is -2.21. The van der Waals surface area contributed by atoms with Crippen molar-refractivity contribution in [3.63, 3.8) is 0 Å². The Hall–Kier alpha value is -2.13. The van der Waals surface area contributed by atoms with Crippen LogP contribution in [-0.2, 0) is 16.1 Å². The van der Waals surface area contributed by atoms with Crippen LogP contribution in [0.15, 0.2) is 29.3 Å². The lowest BCUT2D eigenvalue weighted by Crippen LogP contribution is -2.17. The van der Waals surface area contributed by atoms with Crippen molar-refractivity contribution in [2.24, 2.45) is 0 Å². The lowest BCUT2D eigenvalue weighted by atomic mass is 9.89. The molecule has 1 amide bonds. The fourth-order valence-electron chi connectivity index (χ4n) is 3.44. The maximum atomic E-state index is 12.4. The zero-order valence-electron chi connectivity index (χ0n) is 16.6. The molecule has 0 saturated heterocycles. The molecule has 2 aromatic heterocycles. The molecule has 0 spiro atoms. The van der Waals surface area contributed by atoms with Crippen LogP contribution in [0.2, 0.25) is 0 Å². The Kier molecular flexibility index (Phi) is 7.88. The molecule has 1 aliphatic rings. The van der Waals surface area contributed by atoms with Gasteiger partial charge < -0.3 is 14.6 Å². The number of hydrogen-bond acceptors (Lipinski definition) is 7. The summed E-state index contributed by atoms with van der Waals surface area (Å²) in [5.41, 5.74) is 0.379. The highest BCUT2D eigenvalue weighted by Crippen LogP contribution is 2.33. The first-order chi connectivity index (χ1) is 14.1. The molecule has 0 unspecified atom stereocenters. The van der Waals surface area contributed by atoms with Crippen molar-refractivity contribution >= 4 is 40.0 Å². The maximum absolute atomic E-state index is 12.4. The molecule has 156 valence electrons. The third-order valence-corrected chi connectivity index (χ3v) is 6.57. The molecule has 1 fully saturated rings. The highest BCUT2D eigenvalue weighted by molar-refractivity contribution is 7.99. The van der Waals surface area contributed by atoms with Crippen LogP contribution in [0.1, 0.15) is 61.1 Å². The molecule has 0 radical (unpaired) electrons. The smallest absolute Gasteiger partial charge is 0.341 e. The Morgan fingerprint density at radius 2 is 2.17 bits per heavy atom. The van der Waals surface area contributed by atoms with E-state index in [-0.39, 0.29) is 11.7 Å². The van der Waals surface area contributed by atoms with E-state index in [1.165, 1.54) is 42.4 Å². The second-order valence-corrected chi connectivity index (χ2v) is 8.65. The van der Waals surface area contributed by atoms with Gasteiger partial charge in [0, 0.05) is 12.5 Å². The number of anilines is 1. The van der Waals surface area contributed by atoms with Gasteiger partial charge in [0.15, 0.2) is 5.16 Å². The van der Waals surface area contributed by atoms with Gasteiger partial charge in [-0.2, -0.15) is 0 Å². The van der Waals surface area contributed by atoms with E-state index in [0.717, 1.165) is 23.8 Å². The highest BCUT2D eigenvalue weighted by atomic mass is 32.2. The van der Waals surface area contributed by atoms with Gasteiger partial charge >= 0.3 is 5.97 Å². The van der Waals surface area contributed by atoms with Gasteiger partial charge in [0.2, 0.25) is 5.91 Å². The van der Waals surface area contributed by atoms with Gasteiger partial charge in [-0.3, -0.25) is 4.79 Å². The van der Waals surface area contributed by atoms with E-state index in [1.807, 2.05) is 6.08 Å². The average molecular weight is 435 g/mol. The van der Waals surface area contributed by atoms with Crippen molar-refractivity contribution < 1.29 is 14.3 Å². The second-order valence-electron chi connectivity index (χ2n) is 6.80. The predicted molar refractivity (Wildman–Crippen MR) is 116 cm³/mol. The SMILES string of the molecule is C=CCn1c(SCC(=O)Nc2sccc2C(=O)OCC)nnc1C1CCCCC1. The first kappa shape index (κ1) is 21.6. The summed E-state index contributed by atoms with van der Waals surface area (Å²) in [6.45, 7) is 6.51. The zero-order valence-corrected chi connectivity index (χ0v) is 18.2. The number of nitrogens with zero attached hydrogens (tertiary/aromatic N) is 3. The van der Waals surface area contributed by atoms with Gasteiger partial charge in [0.1, 0.15) is 10.8 Å². The molecule has 0 aliphatic heterocycles. The third-order valence-electron chi connectivity index (χ3n) is 4.77. The van der Waals surface area contributed by atoms with Crippen LogP contribution in [0.5, 0.6) is 0 Å². The van der Waals surface area contributed by atoms with Crippen molar-refractivity contribution in [3.05, 3.63) is 35.5 Å².